The lowest BCUT2D eigenvalue weighted by Gasteiger charge is -2.31. The Balaban J connectivity index is 1.66. The molecule has 124 valence electrons. The van der Waals surface area contributed by atoms with Crippen LogP contribution in [0.4, 0.5) is 0 Å². The minimum absolute atomic E-state index is 0.214. The smallest absolute Gasteiger partial charge is 0.181 e. The fourth-order valence-corrected chi connectivity index (χ4v) is 3.54. The molecule has 0 amide bonds. The Morgan fingerprint density at radius 1 is 1.30 bits per heavy atom. The zero-order chi connectivity index (χ0) is 16.3. The quantitative estimate of drug-likeness (QED) is 0.900. The van der Waals surface area contributed by atoms with E-state index in [1.807, 2.05) is 30.3 Å². The van der Waals surface area contributed by atoms with Gasteiger partial charge >= 0.3 is 0 Å². The third-order valence-corrected chi connectivity index (χ3v) is 5.13. The first-order valence-electron chi connectivity index (χ1n) is 7.89. The molecule has 6 nitrogen and oxygen atoms in total. The molecule has 2 heterocycles. The second kappa shape index (κ2) is 6.80. The average Bonchev–Trinajstić information content (AvgIpc) is 3.03. The van der Waals surface area contributed by atoms with E-state index in [1.165, 1.54) is 6.26 Å². The standard InChI is InChI=1S/C16H22N4O2S/c1-23(21,22)11-10-20-9-5-8-14(12-20)16-17-15(18-19-16)13-6-3-2-4-7-13/h2-4,6-7,14H,5,8-12H2,1H3,(H,17,18,19)/t14-/m1/s1. The van der Waals surface area contributed by atoms with E-state index in [2.05, 4.69) is 20.1 Å². The van der Waals surface area contributed by atoms with Crippen LogP contribution in [0.2, 0.25) is 0 Å². The minimum atomic E-state index is -2.91. The monoisotopic (exact) mass is 334 g/mol. The van der Waals surface area contributed by atoms with Crippen LogP contribution in [0.1, 0.15) is 24.6 Å². The molecule has 1 aromatic heterocycles. The number of aromatic amines is 1. The van der Waals surface area contributed by atoms with Crippen LogP contribution in [-0.4, -0.2) is 60.1 Å². The van der Waals surface area contributed by atoms with Crippen LogP contribution < -0.4 is 0 Å². The molecule has 0 aliphatic carbocycles. The van der Waals surface area contributed by atoms with E-state index >= 15 is 0 Å². The van der Waals surface area contributed by atoms with Gasteiger partial charge in [-0.3, -0.25) is 5.10 Å². The number of nitrogens with one attached hydrogen (secondary N) is 1. The van der Waals surface area contributed by atoms with Gasteiger partial charge in [0.1, 0.15) is 15.7 Å². The maximum atomic E-state index is 11.3. The Morgan fingerprint density at radius 2 is 2.09 bits per heavy atom. The summed E-state index contributed by atoms with van der Waals surface area (Å²) in [6, 6.07) is 9.90. The van der Waals surface area contributed by atoms with Gasteiger partial charge in [-0.1, -0.05) is 30.3 Å². The summed E-state index contributed by atoms with van der Waals surface area (Å²) in [5.41, 5.74) is 1.000. The maximum Gasteiger partial charge on any atom is 0.181 e. The Kier molecular flexibility index (Phi) is 4.77. The second-order valence-electron chi connectivity index (χ2n) is 6.18. The van der Waals surface area contributed by atoms with Gasteiger partial charge in [0.2, 0.25) is 0 Å². The average molecular weight is 334 g/mol. The molecule has 7 heteroatoms. The van der Waals surface area contributed by atoms with Crippen LogP contribution in [0.3, 0.4) is 0 Å². The molecular weight excluding hydrogens is 312 g/mol. The number of sulfone groups is 1. The molecule has 1 N–H and O–H groups in total. The molecule has 3 rings (SSSR count). The zero-order valence-electron chi connectivity index (χ0n) is 13.3. The lowest BCUT2D eigenvalue weighted by molar-refractivity contribution is 0.215. The molecule has 0 bridgehead atoms. The van der Waals surface area contributed by atoms with Crippen LogP contribution in [0, 0.1) is 0 Å². The molecule has 23 heavy (non-hydrogen) atoms. The molecule has 0 radical (unpaired) electrons. The van der Waals surface area contributed by atoms with Crippen molar-refractivity contribution in [3.63, 3.8) is 0 Å². The number of nitrogens with zero attached hydrogens (tertiary/aromatic N) is 3. The molecule has 1 atom stereocenters. The first-order chi connectivity index (χ1) is 11.0. The van der Waals surface area contributed by atoms with Gasteiger partial charge in [0.05, 0.1) is 5.75 Å². The van der Waals surface area contributed by atoms with E-state index in [0.717, 1.165) is 37.3 Å². The number of H-pyrrole nitrogens is 1. The van der Waals surface area contributed by atoms with Gasteiger partial charge < -0.3 is 4.90 Å². The van der Waals surface area contributed by atoms with Crippen molar-refractivity contribution in [3.05, 3.63) is 36.2 Å². The number of hydrogen-bond acceptors (Lipinski definition) is 5. The molecule has 0 unspecified atom stereocenters. The van der Waals surface area contributed by atoms with E-state index < -0.39 is 9.84 Å². The van der Waals surface area contributed by atoms with Gasteiger partial charge in [-0.25, -0.2) is 13.4 Å². The number of benzene rings is 1. The van der Waals surface area contributed by atoms with Crippen molar-refractivity contribution in [1.29, 1.82) is 0 Å². The number of piperidine rings is 1. The van der Waals surface area contributed by atoms with Gasteiger partial charge in [-0.05, 0) is 19.4 Å². The minimum Gasteiger partial charge on any atom is -0.302 e. The number of likely N-dealkylation sites (tertiary alicyclic amines) is 1. The summed E-state index contributed by atoms with van der Waals surface area (Å²) >= 11 is 0. The second-order valence-corrected chi connectivity index (χ2v) is 8.44. The molecule has 1 aliphatic rings. The van der Waals surface area contributed by atoms with Crippen molar-refractivity contribution in [2.45, 2.75) is 18.8 Å². The zero-order valence-corrected chi connectivity index (χ0v) is 14.1. The highest BCUT2D eigenvalue weighted by molar-refractivity contribution is 7.90. The summed E-state index contributed by atoms with van der Waals surface area (Å²) in [6.45, 7) is 2.37. The third kappa shape index (κ3) is 4.39. The molecule has 1 aliphatic heterocycles. The fourth-order valence-electron chi connectivity index (χ4n) is 2.95. The first kappa shape index (κ1) is 16.1. The van der Waals surface area contributed by atoms with E-state index in [0.29, 0.717) is 12.4 Å². The largest absolute Gasteiger partial charge is 0.302 e. The van der Waals surface area contributed by atoms with Gasteiger partial charge in [0.25, 0.3) is 0 Å². The predicted octanol–water partition coefficient (Wildman–Crippen LogP) is 1.70. The molecule has 0 saturated carbocycles. The summed E-state index contributed by atoms with van der Waals surface area (Å²) in [5.74, 6) is 2.11. The van der Waals surface area contributed by atoms with E-state index in [-0.39, 0.29) is 11.7 Å². The highest BCUT2D eigenvalue weighted by Gasteiger charge is 2.24. The number of rotatable bonds is 5. The molecule has 1 aromatic carbocycles. The van der Waals surface area contributed by atoms with Crippen molar-refractivity contribution in [3.8, 4) is 11.4 Å². The fraction of sp³-hybridized carbons (Fsp3) is 0.500. The highest BCUT2D eigenvalue weighted by Crippen LogP contribution is 2.25. The maximum absolute atomic E-state index is 11.3. The van der Waals surface area contributed by atoms with Gasteiger partial charge in [0, 0.05) is 30.8 Å². The Hall–Kier alpha value is -1.73. The van der Waals surface area contributed by atoms with Crippen LogP contribution in [0.25, 0.3) is 11.4 Å². The highest BCUT2D eigenvalue weighted by atomic mass is 32.2. The predicted molar refractivity (Wildman–Crippen MR) is 89.9 cm³/mol. The molecular formula is C16H22N4O2S. The van der Waals surface area contributed by atoms with Crippen LogP contribution in [0.5, 0.6) is 0 Å². The lowest BCUT2D eigenvalue weighted by Crippen LogP contribution is -2.37. The Labute approximate surface area is 136 Å². The molecule has 2 aromatic rings. The van der Waals surface area contributed by atoms with Crippen LogP contribution in [0.15, 0.2) is 30.3 Å². The molecule has 1 fully saturated rings. The van der Waals surface area contributed by atoms with Crippen LogP contribution in [-0.2, 0) is 9.84 Å². The number of hydrogen-bond donors (Lipinski definition) is 1. The van der Waals surface area contributed by atoms with Crippen molar-refractivity contribution in [2.24, 2.45) is 0 Å². The van der Waals surface area contributed by atoms with Crippen LogP contribution >= 0.6 is 0 Å². The van der Waals surface area contributed by atoms with Crippen molar-refractivity contribution in [1.82, 2.24) is 20.1 Å². The third-order valence-electron chi connectivity index (χ3n) is 4.21. The number of aromatic nitrogens is 3. The van der Waals surface area contributed by atoms with Gasteiger partial charge in [0.15, 0.2) is 5.82 Å². The first-order valence-corrected chi connectivity index (χ1v) is 9.95. The van der Waals surface area contributed by atoms with E-state index in [9.17, 15) is 8.42 Å². The molecule has 1 saturated heterocycles. The SMILES string of the molecule is CS(=O)(=O)CCN1CCC[C@@H](c2nc(-c3ccccc3)n[nH]2)C1. The van der Waals surface area contributed by atoms with Crippen molar-refractivity contribution in [2.75, 3.05) is 31.6 Å². The summed E-state index contributed by atoms with van der Waals surface area (Å²) in [5, 5.41) is 7.38. The molecule has 0 spiro atoms. The van der Waals surface area contributed by atoms with Crippen molar-refractivity contribution < 1.29 is 8.42 Å². The van der Waals surface area contributed by atoms with E-state index in [4.69, 9.17) is 0 Å². The van der Waals surface area contributed by atoms with Gasteiger partial charge in [-0.2, -0.15) is 5.10 Å². The normalized spacial score (nSPS) is 19.8. The summed E-state index contributed by atoms with van der Waals surface area (Å²) in [6.07, 6.45) is 3.39. The van der Waals surface area contributed by atoms with Gasteiger partial charge in [-0.15, -0.1) is 0 Å². The Bertz CT molecular complexity index is 742. The summed E-state index contributed by atoms with van der Waals surface area (Å²) in [4.78, 5) is 6.84. The Morgan fingerprint density at radius 3 is 2.83 bits per heavy atom. The van der Waals surface area contributed by atoms with E-state index in [1.54, 1.807) is 0 Å². The lowest BCUT2D eigenvalue weighted by atomic mass is 9.97. The topological polar surface area (TPSA) is 79.0 Å². The summed E-state index contributed by atoms with van der Waals surface area (Å²) in [7, 11) is -2.91. The van der Waals surface area contributed by atoms with Crippen molar-refractivity contribution >= 4 is 9.84 Å². The summed E-state index contributed by atoms with van der Waals surface area (Å²) < 4.78 is 22.7.